The van der Waals surface area contributed by atoms with Crippen molar-refractivity contribution >= 4 is 0 Å². The number of rotatable bonds is 4. The van der Waals surface area contributed by atoms with E-state index in [9.17, 15) is 0 Å². The van der Waals surface area contributed by atoms with E-state index in [1.165, 1.54) is 64.6 Å². The Kier molecular flexibility index (Phi) is 3.72. The zero-order valence-corrected chi connectivity index (χ0v) is 11.3. The lowest BCUT2D eigenvalue weighted by atomic mass is 9.87. The summed E-state index contributed by atoms with van der Waals surface area (Å²) in [5.74, 6) is 2.01. The monoisotopic (exact) mass is 236 g/mol. The van der Waals surface area contributed by atoms with Crippen molar-refractivity contribution in [3.05, 3.63) is 0 Å². The third kappa shape index (κ3) is 2.68. The summed E-state index contributed by atoms with van der Waals surface area (Å²) >= 11 is 0. The fourth-order valence-corrected chi connectivity index (χ4v) is 4.34. The Hall–Kier alpha value is -0.0800. The first-order valence-electron chi connectivity index (χ1n) is 7.83. The number of nitrogens with zero attached hydrogens (tertiary/aromatic N) is 1. The maximum Gasteiger partial charge on any atom is 0.0111 e. The molecule has 0 aromatic carbocycles. The van der Waals surface area contributed by atoms with E-state index in [-0.39, 0.29) is 0 Å². The van der Waals surface area contributed by atoms with Crippen molar-refractivity contribution < 1.29 is 0 Å². The molecular weight excluding hydrogens is 208 g/mol. The Morgan fingerprint density at radius 1 is 1.12 bits per heavy atom. The molecule has 2 heteroatoms. The molecule has 3 fully saturated rings. The zero-order chi connectivity index (χ0) is 11.7. The number of nitrogens with one attached hydrogen (secondary N) is 1. The summed E-state index contributed by atoms with van der Waals surface area (Å²) in [6.45, 7) is 6.46. The van der Waals surface area contributed by atoms with Gasteiger partial charge in [-0.2, -0.15) is 0 Å². The number of hydrogen-bond acceptors (Lipinski definition) is 2. The quantitative estimate of drug-likeness (QED) is 0.807. The number of piperidine rings is 1. The van der Waals surface area contributed by atoms with Crippen LogP contribution in [0.2, 0.25) is 0 Å². The van der Waals surface area contributed by atoms with Gasteiger partial charge in [-0.3, -0.25) is 0 Å². The standard InChI is InChI=1S/C15H28N2/c1-2-3-12-6-8-17(9-7-12)11-13-10-14-4-5-15(13)16-14/h12-16H,2-11H2,1H3. The first-order valence-corrected chi connectivity index (χ1v) is 7.83. The Morgan fingerprint density at radius 3 is 2.53 bits per heavy atom. The fraction of sp³-hybridized carbons (Fsp3) is 1.00. The first kappa shape index (κ1) is 12.0. The molecule has 3 aliphatic rings. The molecule has 2 bridgehead atoms. The summed E-state index contributed by atoms with van der Waals surface area (Å²) in [4.78, 5) is 2.75. The molecule has 0 spiro atoms. The number of fused-ring (bicyclic) bond motifs is 2. The molecule has 3 rings (SSSR count). The van der Waals surface area contributed by atoms with Crippen LogP contribution in [0.4, 0.5) is 0 Å². The van der Waals surface area contributed by atoms with Crippen molar-refractivity contribution in [1.29, 1.82) is 0 Å². The minimum absolute atomic E-state index is 0.869. The summed E-state index contributed by atoms with van der Waals surface area (Å²) in [5, 5.41) is 3.77. The van der Waals surface area contributed by atoms with Crippen molar-refractivity contribution in [2.45, 2.75) is 64.0 Å². The van der Waals surface area contributed by atoms with Gasteiger partial charge in [-0.15, -0.1) is 0 Å². The first-order chi connectivity index (χ1) is 8.35. The van der Waals surface area contributed by atoms with Crippen LogP contribution in [0.25, 0.3) is 0 Å². The maximum atomic E-state index is 3.77. The van der Waals surface area contributed by atoms with Gasteiger partial charge >= 0.3 is 0 Å². The van der Waals surface area contributed by atoms with Crippen molar-refractivity contribution in [1.82, 2.24) is 10.2 Å². The lowest BCUT2D eigenvalue weighted by Gasteiger charge is -2.35. The van der Waals surface area contributed by atoms with E-state index in [2.05, 4.69) is 17.1 Å². The molecule has 3 atom stereocenters. The van der Waals surface area contributed by atoms with E-state index in [1.807, 2.05) is 0 Å². The van der Waals surface area contributed by atoms with Crippen molar-refractivity contribution in [2.24, 2.45) is 11.8 Å². The molecule has 0 aromatic heterocycles. The van der Waals surface area contributed by atoms with Crippen molar-refractivity contribution in [3.8, 4) is 0 Å². The molecule has 2 nitrogen and oxygen atoms in total. The predicted octanol–water partition coefficient (Wildman–Crippen LogP) is 2.64. The van der Waals surface area contributed by atoms with Gasteiger partial charge in [-0.1, -0.05) is 19.8 Å². The molecule has 3 saturated heterocycles. The minimum Gasteiger partial charge on any atom is -0.311 e. The Bertz CT molecular complexity index is 245. The third-order valence-corrected chi connectivity index (χ3v) is 5.33. The molecule has 3 aliphatic heterocycles. The maximum absolute atomic E-state index is 3.77. The number of hydrogen-bond donors (Lipinski definition) is 1. The Morgan fingerprint density at radius 2 is 1.94 bits per heavy atom. The van der Waals surface area contributed by atoms with Gasteiger partial charge in [0.15, 0.2) is 0 Å². The minimum atomic E-state index is 0.869. The SMILES string of the molecule is CCCC1CCN(CC2CC3CCC2N3)CC1. The van der Waals surface area contributed by atoms with E-state index in [0.29, 0.717) is 0 Å². The average molecular weight is 236 g/mol. The summed E-state index contributed by atoms with van der Waals surface area (Å²) in [5.41, 5.74) is 0. The highest BCUT2D eigenvalue weighted by Gasteiger charge is 2.39. The second kappa shape index (κ2) is 5.27. The normalized spacial score (nSPS) is 39.0. The van der Waals surface area contributed by atoms with Crippen LogP contribution in [0.1, 0.15) is 51.9 Å². The van der Waals surface area contributed by atoms with Gasteiger partial charge in [0.1, 0.15) is 0 Å². The molecule has 0 radical (unpaired) electrons. The van der Waals surface area contributed by atoms with Gasteiger partial charge in [0.05, 0.1) is 0 Å². The van der Waals surface area contributed by atoms with Gasteiger partial charge < -0.3 is 10.2 Å². The number of likely N-dealkylation sites (tertiary alicyclic amines) is 1. The summed E-state index contributed by atoms with van der Waals surface area (Å²) < 4.78 is 0. The molecule has 3 unspecified atom stereocenters. The fourth-order valence-electron chi connectivity index (χ4n) is 4.34. The van der Waals surface area contributed by atoms with Crippen LogP contribution < -0.4 is 5.32 Å². The summed E-state index contributed by atoms with van der Waals surface area (Å²) in [6.07, 6.45) is 10.1. The molecule has 1 N–H and O–H groups in total. The lowest BCUT2D eigenvalue weighted by Crippen LogP contribution is -2.40. The predicted molar refractivity (Wildman–Crippen MR) is 72.1 cm³/mol. The summed E-state index contributed by atoms with van der Waals surface area (Å²) in [7, 11) is 0. The molecule has 0 aromatic rings. The largest absolute Gasteiger partial charge is 0.311 e. The van der Waals surface area contributed by atoms with Gasteiger partial charge in [0, 0.05) is 18.6 Å². The van der Waals surface area contributed by atoms with E-state index < -0.39 is 0 Å². The van der Waals surface area contributed by atoms with E-state index >= 15 is 0 Å². The van der Waals surface area contributed by atoms with Crippen LogP contribution in [0.3, 0.4) is 0 Å². The van der Waals surface area contributed by atoms with E-state index in [0.717, 1.165) is 23.9 Å². The van der Waals surface area contributed by atoms with Crippen LogP contribution in [-0.2, 0) is 0 Å². The average Bonchev–Trinajstić information content (AvgIpc) is 2.94. The van der Waals surface area contributed by atoms with E-state index in [4.69, 9.17) is 0 Å². The Labute approximate surface area is 106 Å². The topological polar surface area (TPSA) is 15.3 Å². The van der Waals surface area contributed by atoms with Crippen molar-refractivity contribution in [2.75, 3.05) is 19.6 Å². The van der Waals surface area contributed by atoms with Gasteiger partial charge in [-0.25, -0.2) is 0 Å². The smallest absolute Gasteiger partial charge is 0.0111 e. The third-order valence-electron chi connectivity index (χ3n) is 5.33. The molecular formula is C15H28N2. The van der Waals surface area contributed by atoms with Crippen molar-refractivity contribution in [3.63, 3.8) is 0 Å². The van der Waals surface area contributed by atoms with Crippen LogP contribution in [0.5, 0.6) is 0 Å². The zero-order valence-electron chi connectivity index (χ0n) is 11.3. The molecule has 0 amide bonds. The van der Waals surface area contributed by atoms with Crippen LogP contribution >= 0.6 is 0 Å². The highest BCUT2D eigenvalue weighted by Crippen LogP contribution is 2.34. The summed E-state index contributed by atoms with van der Waals surface area (Å²) in [6, 6.07) is 1.75. The van der Waals surface area contributed by atoms with Crippen LogP contribution in [0, 0.1) is 11.8 Å². The second-order valence-corrected chi connectivity index (χ2v) is 6.58. The second-order valence-electron chi connectivity index (χ2n) is 6.58. The lowest BCUT2D eigenvalue weighted by molar-refractivity contribution is 0.147. The highest BCUT2D eigenvalue weighted by atomic mass is 15.1. The molecule has 17 heavy (non-hydrogen) atoms. The van der Waals surface area contributed by atoms with Gasteiger partial charge in [-0.05, 0) is 57.0 Å². The van der Waals surface area contributed by atoms with E-state index in [1.54, 1.807) is 0 Å². The Balaban J connectivity index is 1.42. The molecule has 3 heterocycles. The van der Waals surface area contributed by atoms with Crippen LogP contribution in [-0.4, -0.2) is 36.6 Å². The van der Waals surface area contributed by atoms with Crippen LogP contribution in [0.15, 0.2) is 0 Å². The highest BCUT2D eigenvalue weighted by molar-refractivity contribution is 4.98. The molecule has 0 aliphatic carbocycles. The van der Waals surface area contributed by atoms with Gasteiger partial charge in [0.2, 0.25) is 0 Å². The van der Waals surface area contributed by atoms with Gasteiger partial charge in [0.25, 0.3) is 0 Å². The molecule has 98 valence electrons. The molecule has 0 saturated carbocycles.